The summed E-state index contributed by atoms with van der Waals surface area (Å²) in [6, 6.07) is 11.6. The zero-order valence-corrected chi connectivity index (χ0v) is 18.0. The van der Waals surface area contributed by atoms with Gasteiger partial charge >= 0.3 is 0 Å². The van der Waals surface area contributed by atoms with E-state index in [1.165, 1.54) is 4.90 Å². The SMILES string of the molecule is Cc1ccc(N2C(=O)[C@H]3[C@@H](C2=O)[C@]2(C(=O)Nc4c(C)cc(C)cc42)[NH+]2CCC[C@@H]32)cc1. The van der Waals surface area contributed by atoms with E-state index in [9.17, 15) is 14.4 Å². The van der Waals surface area contributed by atoms with Crippen molar-refractivity contribution in [2.45, 2.75) is 45.2 Å². The van der Waals surface area contributed by atoms with E-state index in [2.05, 4.69) is 17.4 Å². The Bertz CT molecular complexity index is 1170. The molecule has 0 radical (unpaired) electrons. The van der Waals surface area contributed by atoms with E-state index in [0.717, 1.165) is 52.2 Å². The Morgan fingerprint density at radius 1 is 1.00 bits per heavy atom. The van der Waals surface area contributed by atoms with Crippen molar-refractivity contribution in [3.8, 4) is 0 Å². The number of carbonyl (C=O) groups is 3. The lowest BCUT2D eigenvalue weighted by molar-refractivity contribution is -0.948. The molecule has 1 unspecified atom stereocenters. The summed E-state index contributed by atoms with van der Waals surface area (Å²) < 4.78 is 0. The Kier molecular flexibility index (Phi) is 3.65. The molecule has 0 aliphatic carbocycles. The highest BCUT2D eigenvalue weighted by Gasteiger charge is 2.78. The van der Waals surface area contributed by atoms with Gasteiger partial charge in [-0.1, -0.05) is 29.3 Å². The number of hydrogen-bond donors (Lipinski definition) is 2. The molecule has 2 aromatic carbocycles. The number of benzene rings is 2. The minimum atomic E-state index is -1.02. The highest BCUT2D eigenvalue weighted by Crippen LogP contribution is 2.53. The van der Waals surface area contributed by atoms with Crippen LogP contribution in [0.2, 0.25) is 0 Å². The first-order valence-corrected chi connectivity index (χ1v) is 11.1. The Morgan fingerprint density at radius 2 is 1.74 bits per heavy atom. The van der Waals surface area contributed by atoms with Crippen LogP contribution in [0.25, 0.3) is 0 Å². The first-order chi connectivity index (χ1) is 14.9. The van der Waals surface area contributed by atoms with Crippen molar-refractivity contribution in [2.24, 2.45) is 11.8 Å². The van der Waals surface area contributed by atoms with E-state index < -0.39 is 17.4 Å². The molecule has 31 heavy (non-hydrogen) atoms. The van der Waals surface area contributed by atoms with Crippen molar-refractivity contribution in [3.63, 3.8) is 0 Å². The second kappa shape index (κ2) is 6.04. The van der Waals surface area contributed by atoms with Crippen LogP contribution in [0.5, 0.6) is 0 Å². The predicted octanol–water partition coefficient (Wildman–Crippen LogP) is 1.63. The predicted molar refractivity (Wildman–Crippen MR) is 116 cm³/mol. The standard InChI is InChI=1S/C25H25N3O3/c1-13-6-8-16(9-7-13)28-22(29)19-18-5-4-10-27(18)25(20(19)23(28)30)17-12-14(2)11-15(3)21(17)26-24(25)31/h6-9,11-12,18-20H,4-5,10H2,1-3H3,(H,26,31)/p+1/t18-,19+,20-,25+/m0/s1. The van der Waals surface area contributed by atoms with Gasteiger partial charge in [0.05, 0.1) is 17.9 Å². The summed E-state index contributed by atoms with van der Waals surface area (Å²) in [5.74, 6) is -1.63. The van der Waals surface area contributed by atoms with Crippen LogP contribution in [0.4, 0.5) is 11.4 Å². The Hall–Kier alpha value is -2.99. The van der Waals surface area contributed by atoms with Crippen molar-refractivity contribution in [3.05, 3.63) is 58.7 Å². The fourth-order valence-corrected chi connectivity index (χ4v) is 6.86. The molecule has 0 bridgehead atoms. The summed E-state index contributed by atoms with van der Waals surface area (Å²) >= 11 is 0. The molecule has 6 nitrogen and oxygen atoms in total. The fraction of sp³-hybridized carbons (Fsp3) is 0.400. The molecule has 0 saturated carbocycles. The Morgan fingerprint density at radius 3 is 2.48 bits per heavy atom. The first-order valence-electron chi connectivity index (χ1n) is 11.1. The van der Waals surface area contributed by atoms with Crippen LogP contribution < -0.4 is 15.1 Å². The molecule has 6 rings (SSSR count). The normalized spacial score (nSPS) is 33.1. The van der Waals surface area contributed by atoms with E-state index in [-0.39, 0.29) is 23.8 Å². The Labute approximate surface area is 181 Å². The number of nitrogens with zero attached hydrogens (tertiary/aromatic N) is 1. The quantitative estimate of drug-likeness (QED) is 0.695. The lowest BCUT2D eigenvalue weighted by atomic mass is 9.75. The molecule has 2 aromatic rings. The first kappa shape index (κ1) is 18.8. The summed E-state index contributed by atoms with van der Waals surface area (Å²) in [5, 5.41) is 3.11. The van der Waals surface area contributed by atoms with Gasteiger partial charge in [0.2, 0.25) is 17.4 Å². The molecular weight excluding hydrogens is 390 g/mol. The summed E-state index contributed by atoms with van der Waals surface area (Å²) in [6.07, 6.45) is 1.83. The van der Waals surface area contributed by atoms with Gasteiger partial charge in [0.1, 0.15) is 17.9 Å². The van der Waals surface area contributed by atoms with E-state index >= 15 is 0 Å². The van der Waals surface area contributed by atoms with Crippen molar-refractivity contribution >= 4 is 29.1 Å². The number of fused-ring (bicyclic) bond motifs is 7. The molecule has 5 atom stereocenters. The largest absolute Gasteiger partial charge is 0.320 e. The number of hydrogen-bond acceptors (Lipinski definition) is 3. The number of aryl methyl sites for hydroxylation is 3. The third kappa shape index (κ3) is 2.13. The lowest BCUT2D eigenvalue weighted by Crippen LogP contribution is -3.19. The van der Waals surface area contributed by atoms with Gasteiger partial charge in [0.15, 0.2) is 0 Å². The maximum atomic E-state index is 13.9. The van der Waals surface area contributed by atoms with Gasteiger partial charge in [-0.3, -0.25) is 14.4 Å². The molecule has 0 aromatic heterocycles. The van der Waals surface area contributed by atoms with Gasteiger partial charge in [-0.05, 0) is 44.5 Å². The molecule has 1 spiro atoms. The van der Waals surface area contributed by atoms with Crippen molar-refractivity contribution in [2.75, 3.05) is 16.8 Å². The van der Waals surface area contributed by atoms with Crippen molar-refractivity contribution in [1.82, 2.24) is 0 Å². The average molecular weight is 417 g/mol. The lowest BCUT2D eigenvalue weighted by Gasteiger charge is -2.33. The van der Waals surface area contributed by atoms with Gasteiger partial charge in [-0.25, -0.2) is 4.90 Å². The third-order valence-electron chi connectivity index (χ3n) is 7.96. The van der Waals surface area contributed by atoms with Gasteiger partial charge in [-0.2, -0.15) is 0 Å². The maximum absolute atomic E-state index is 13.9. The van der Waals surface area contributed by atoms with Crippen LogP contribution in [0.1, 0.15) is 35.1 Å². The number of amides is 3. The van der Waals surface area contributed by atoms with Crippen molar-refractivity contribution < 1.29 is 19.3 Å². The summed E-state index contributed by atoms with van der Waals surface area (Å²) in [7, 11) is 0. The molecule has 6 heteroatoms. The van der Waals surface area contributed by atoms with Gasteiger partial charge in [0, 0.05) is 18.4 Å². The molecule has 3 fully saturated rings. The number of carbonyl (C=O) groups excluding carboxylic acids is 3. The number of rotatable bonds is 1. The van der Waals surface area contributed by atoms with Gasteiger partial charge in [0.25, 0.3) is 5.91 Å². The molecule has 4 aliphatic rings. The number of imide groups is 1. The van der Waals surface area contributed by atoms with Crippen LogP contribution in [0.15, 0.2) is 36.4 Å². The van der Waals surface area contributed by atoms with Gasteiger partial charge < -0.3 is 10.2 Å². The second-order valence-corrected chi connectivity index (χ2v) is 9.64. The summed E-state index contributed by atoms with van der Waals surface area (Å²) in [4.78, 5) is 43.8. The molecule has 4 heterocycles. The molecule has 158 valence electrons. The Balaban J connectivity index is 1.57. The third-order valence-corrected chi connectivity index (χ3v) is 7.96. The number of anilines is 2. The average Bonchev–Trinajstić information content (AvgIpc) is 3.42. The summed E-state index contributed by atoms with van der Waals surface area (Å²) in [6.45, 7) is 6.80. The van der Waals surface area contributed by atoms with Crippen LogP contribution in [-0.4, -0.2) is 30.3 Å². The molecule has 3 saturated heterocycles. The van der Waals surface area contributed by atoms with Crippen LogP contribution >= 0.6 is 0 Å². The minimum Gasteiger partial charge on any atom is -0.320 e. The zero-order valence-electron chi connectivity index (χ0n) is 18.0. The van der Waals surface area contributed by atoms with E-state index in [0.29, 0.717) is 5.69 Å². The molecule has 4 aliphatic heterocycles. The minimum absolute atomic E-state index is 0.00517. The monoisotopic (exact) mass is 416 g/mol. The molecule has 3 amide bonds. The molecular formula is C25H26N3O3+. The number of nitrogens with one attached hydrogen (secondary N) is 2. The zero-order chi connectivity index (χ0) is 21.7. The van der Waals surface area contributed by atoms with E-state index in [1.807, 2.05) is 45.0 Å². The summed E-state index contributed by atoms with van der Waals surface area (Å²) in [5.41, 5.74) is 4.44. The van der Waals surface area contributed by atoms with Crippen LogP contribution in [0.3, 0.4) is 0 Å². The topological polar surface area (TPSA) is 70.9 Å². The smallest absolute Gasteiger partial charge is 0.291 e. The molecule has 2 N–H and O–H groups in total. The highest BCUT2D eigenvalue weighted by molar-refractivity contribution is 6.25. The van der Waals surface area contributed by atoms with Gasteiger partial charge in [-0.15, -0.1) is 0 Å². The van der Waals surface area contributed by atoms with E-state index in [4.69, 9.17) is 0 Å². The van der Waals surface area contributed by atoms with E-state index in [1.54, 1.807) is 0 Å². The fourth-order valence-electron chi connectivity index (χ4n) is 6.86. The van der Waals surface area contributed by atoms with Crippen LogP contribution in [0, 0.1) is 32.6 Å². The highest BCUT2D eigenvalue weighted by atomic mass is 16.2. The maximum Gasteiger partial charge on any atom is 0.291 e. The van der Waals surface area contributed by atoms with Crippen molar-refractivity contribution in [1.29, 1.82) is 0 Å². The van der Waals surface area contributed by atoms with Crippen LogP contribution in [-0.2, 0) is 19.9 Å². The second-order valence-electron chi connectivity index (χ2n) is 9.64. The number of quaternary nitrogens is 1.